The van der Waals surface area contributed by atoms with E-state index >= 15 is 0 Å². The Bertz CT molecular complexity index is 841. The molecule has 0 spiro atoms. The molecule has 1 aliphatic rings. The number of esters is 1. The zero-order chi connectivity index (χ0) is 26.0. The number of nitrogens with zero attached hydrogens (tertiary/aromatic N) is 1. The molecule has 1 heterocycles. The van der Waals surface area contributed by atoms with E-state index in [9.17, 15) is 18.0 Å². The first-order chi connectivity index (χ1) is 14.7. The number of hydrogen-bond acceptors (Lipinski definition) is 8. The fourth-order valence-electron chi connectivity index (χ4n) is 2.98. The molecule has 11 heteroatoms. The fourth-order valence-corrected chi connectivity index (χ4v) is 4.64. The summed E-state index contributed by atoms with van der Waals surface area (Å²) in [5, 5.41) is -0.0466. The van der Waals surface area contributed by atoms with Crippen molar-refractivity contribution in [3.8, 4) is 0 Å². The van der Waals surface area contributed by atoms with Crippen molar-refractivity contribution >= 4 is 30.5 Å². The molecule has 0 aliphatic carbocycles. The fraction of sp³-hybridized carbons (Fsp3) is 0.818. The van der Waals surface area contributed by atoms with Crippen molar-refractivity contribution in [3.05, 3.63) is 12.2 Å². The highest BCUT2D eigenvalue weighted by Crippen LogP contribution is 2.41. The van der Waals surface area contributed by atoms with E-state index in [0.29, 0.717) is 0 Å². The van der Waals surface area contributed by atoms with Crippen LogP contribution in [-0.2, 0) is 33.0 Å². The van der Waals surface area contributed by atoms with Gasteiger partial charge in [0.1, 0.15) is 11.7 Å². The highest BCUT2D eigenvalue weighted by molar-refractivity contribution is 7.86. The lowest BCUT2D eigenvalue weighted by Crippen LogP contribution is -2.42. The predicted octanol–water partition coefficient (Wildman–Crippen LogP) is 3.85. The molecule has 0 aromatic heterocycles. The van der Waals surface area contributed by atoms with Gasteiger partial charge in [0.2, 0.25) is 0 Å². The van der Waals surface area contributed by atoms with Crippen LogP contribution in [0.25, 0.3) is 0 Å². The number of ether oxygens (including phenoxy) is 2. The Balaban J connectivity index is 3.20. The zero-order valence-electron chi connectivity index (χ0n) is 21.7. The van der Waals surface area contributed by atoms with Gasteiger partial charge in [-0.25, -0.2) is 9.59 Å². The van der Waals surface area contributed by atoms with Crippen LogP contribution in [0, 0.1) is 0 Å². The van der Waals surface area contributed by atoms with Crippen molar-refractivity contribution in [2.24, 2.45) is 0 Å². The second kappa shape index (κ2) is 10.5. The van der Waals surface area contributed by atoms with E-state index in [1.165, 1.54) is 4.90 Å². The maximum Gasteiger partial charge on any atom is 0.411 e. The summed E-state index contributed by atoms with van der Waals surface area (Å²) in [7, 11) is -6.03. The van der Waals surface area contributed by atoms with E-state index in [0.717, 1.165) is 6.26 Å². The number of carbonyl (C=O) groups excluding carboxylic acids is 2. The molecule has 1 aliphatic heterocycles. The van der Waals surface area contributed by atoms with Gasteiger partial charge in [-0.3, -0.25) is 9.08 Å². The molecule has 9 nitrogen and oxygen atoms in total. The number of hydrogen-bond donors (Lipinski definition) is 0. The molecule has 3 atom stereocenters. The predicted molar refractivity (Wildman–Crippen MR) is 129 cm³/mol. The molecule has 1 fully saturated rings. The van der Waals surface area contributed by atoms with Crippen LogP contribution in [0.1, 0.15) is 54.9 Å². The molecule has 192 valence electrons. The van der Waals surface area contributed by atoms with E-state index in [4.69, 9.17) is 18.1 Å². The molecule has 0 aromatic rings. The maximum atomic E-state index is 12.9. The third-order valence-electron chi connectivity index (χ3n) is 5.70. The topological polar surface area (TPSA) is 108 Å². The van der Waals surface area contributed by atoms with E-state index < -0.39 is 54.3 Å². The van der Waals surface area contributed by atoms with E-state index in [2.05, 4.69) is 40.4 Å². The monoisotopic (exact) mass is 507 g/mol. The van der Waals surface area contributed by atoms with Gasteiger partial charge in [-0.1, -0.05) is 27.4 Å². The Morgan fingerprint density at radius 2 is 1.67 bits per heavy atom. The third-order valence-corrected chi connectivity index (χ3v) is 10.8. The second-order valence-electron chi connectivity index (χ2n) is 10.9. The average Bonchev–Trinajstić information content (AvgIpc) is 3.30. The van der Waals surface area contributed by atoms with Gasteiger partial charge >= 0.3 is 12.1 Å². The minimum absolute atomic E-state index is 0.0466. The Morgan fingerprint density at radius 1 is 1.12 bits per heavy atom. The van der Waals surface area contributed by atoms with Crippen LogP contribution >= 0.6 is 0 Å². The Morgan fingerprint density at radius 3 is 2.09 bits per heavy atom. The van der Waals surface area contributed by atoms with Gasteiger partial charge in [-0.15, -0.1) is 0 Å². The van der Waals surface area contributed by atoms with E-state index in [1.807, 2.05) is 0 Å². The number of amides is 1. The van der Waals surface area contributed by atoms with Crippen LogP contribution in [0.5, 0.6) is 0 Å². The summed E-state index contributed by atoms with van der Waals surface area (Å²) >= 11 is 0. The Labute approximate surface area is 200 Å². The summed E-state index contributed by atoms with van der Waals surface area (Å²) < 4.78 is 46.1. The van der Waals surface area contributed by atoms with Gasteiger partial charge in [0.05, 0.1) is 31.6 Å². The highest BCUT2D eigenvalue weighted by Gasteiger charge is 2.58. The minimum atomic E-state index is -3.89. The molecule has 0 bridgehead atoms. The summed E-state index contributed by atoms with van der Waals surface area (Å²) in [5.74, 6) is -0.641. The van der Waals surface area contributed by atoms with E-state index in [1.54, 1.807) is 27.7 Å². The maximum absolute atomic E-state index is 12.9. The Hall–Kier alpha value is -1.43. The molecular formula is C22H41NO8SSi. The zero-order valence-corrected chi connectivity index (χ0v) is 23.5. The third kappa shape index (κ3) is 9.03. The smallest absolute Gasteiger partial charge is 0.411 e. The molecule has 0 radical (unpaired) electrons. The van der Waals surface area contributed by atoms with Crippen LogP contribution in [0.4, 0.5) is 4.79 Å². The molecule has 0 N–H and O–H groups in total. The van der Waals surface area contributed by atoms with Crippen molar-refractivity contribution in [1.82, 2.24) is 4.90 Å². The van der Waals surface area contributed by atoms with Crippen molar-refractivity contribution < 1.29 is 36.1 Å². The van der Waals surface area contributed by atoms with Gasteiger partial charge in [0, 0.05) is 12.0 Å². The van der Waals surface area contributed by atoms with Crippen molar-refractivity contribution in [2.45, 2.75) is 96.8 Å². The van der Waals surface area contributed by atoms with Gasteiger partial charge in [-0.2, -0.15) is 8.42 Å². The highest BCUT2D eigenvalue weighted by atomic mass is 32.2. The molecule has 33 heavy (non-hydrogen) atoms. The van der Waals surface area contributed by atoms with Crippen LogP contribution in [0.3, 0.4) is 0 Å². The lowest BCUT2D eigenvalue weighted by molar-refractivity contribution is -0.138. The first-order valence-electron chi connectivity index (χ1n) is 11.1. The molecular weight excluding hydrogens is 466 g/mol. The summed E-state index contributed by atoms with van der Waals surface area (Å²) in [4.78, 5) is 26.4. The Kier molecular flexibility index (Phi) is 9.37. The van der Waals surface area contributed by atoms with Gasteiger partial charge < -0.3 is 13.9 Å². The molecule has 0 saturated carbocycles. The number of carbonyl (C=O) groups is 2. The SMILES string of the molecule is C=C(C[C@@H](OS(C)(=O)=O)[C@@H]1[C@H](CO[Si](C)(C)C(C)(C)C)N1C(=O)OC(C)(C)C)C(=O)OCC. The first-order valence-corrected chi connectivity index (χ1v) is 15.8. The van der Waals surface area contributed by atoms with Crippen LogP contribution < -0.4 is 0 Å². The van der Waals surface area contributed by atoms with Crippen molar-refractivity contribution in [1.29, 1.82) is 0 Å². The quantitative estimate of drug-likeness (QED) is 0.144. The largest absolute Gasteiger partial charge is 0.463 e. The van der Waals surface area contributed by atoms with Crippen LogP contribution in [0.15, 0.2) is 12.2 Å². The average molecular weight is 508 g/mol. The summed E-state index contributed by atoms with van der Waals surface area (Å²) in [6.07, 6.45) is -0.821. The summed E-state index contributed by atoms with van der Waals surface area (Å²) in [5.41, 5.74) is -0.679. The van der Waals surface area contributed by atoms with Gasteiger partial charge in [-0.05, 0) is 45.8 Å². The lowest BCUT2D eigenvalue weighted by atomic mass is 10.1. The van der Waals surface area contributed by atoms with Crippen LogP contribution in [-0.4, -0.2) is 77.0 Å². The standard InChI is InChI=1S/C22H41NO8SSi/c1-12-28-19(24)15(2)13-17(31-32(9,26)27)18-16(14-29-33(10,11)22(6,7)8)23(18)20(25)30-21(3,4)5/h16-18H,2,12-14H2,1,3-11H3/t16-,17+,18-,23?/m0/s1. The molecule has 1 rings (SSSR count). The van der Waals surface area contributed by atoms with Crippen molar-refractivity contribution in [3.63, 3.8) is 0 Å². The molecule has 1 saturated heterocycles. The lowest BCUT2D eigenvalue weighted by Gasteiger charge is -2.36. The second-order valence-corrected chi connectivity index (χ2v) is 17.3. The molecule has 0 aromatic carbocycles. The van der Waals surface area contributed by atoms with Crippen LogP contribution in [0.2, 0.25) is 18.1 Å². The van der Waals surface area contributed by atoms with Crippen molar-refractivity contribution in [2.75, 3.05) is 19.5 Å². The van der Waals surface area contributed by atoms with Gasteiger partial charge in [0.25, 0.3) is 10.1 Å². The van der Waals surface area contributed by atoms with E-state index in [-0.39, 0.29) is 30.2 Å². The van der Waals surface area contributed by atoms with Gasteiger partial charge in [0.15, 0.2) is 8.32 Å². The summed E-state index contributed by atoms with van der Waals surface area (Å²) in [6.45, 7) is 21.5. The first kappa shape index (κ1) is 29.6. The molecule has 0 unspecified atom stereocenters. The normalized spacial score (nSPS) is 20.2. The summed E-state index contributed by atoms with van der Waals surface area (Å²) in [6, 6.07) is -1.12. The minimum Gasteiger partial charge on any atom is -0.463 e. The number of rotatable bonds is 10. The molecule has 1 amide bonds.